The molecule has 0 saturated heterocycles. The van der Waals surface area contributed by atoms with Crippen LogP contribution >= 0.6 is 0 Å². The van der Waals surface area contributed by atoms with Crippen LogP contribution in [0, 0.1) is 0 Å². The molecule has 0 aliphatic rings. The minimum Gasteiger partial charge on any atom is -0.391 e. The number of anilines is 1. The first-order valence-electron chi connectivity index (χ1n) is 7.77. The molecule has 0 aromatic heterocycles. The lowest BCUT2D eigenvalue weighted by molar-refractivity contribution is 0.112. The third-order valence-corrected chi connectivity index (χ3v) is 2.63. The highest BCUT2D eigenvalue weighted by Crippen LogP contribution is 2.27. The Morgan fingerprint density at radius 2 is 1.96 bits per heavy atom. The van der Waals surface area contributed by atoms with Crippen LogP contribution in [0.3, 0.4) is 0 Å². The van der Waals surface area contributed by atoms with Crippen molar-refractivity contribution in [3.63, 3.8) is 0 Å². The molecular formula is C18H30N4O2. The summed E-state index contributed by atoms with van der Waals surface area (Å²) in [5.41, 5.74) is 8.40. The van der Waals surface area contributed by atoms with E-state index in [0.717, 1.165) is 23.4 Å². The van der Waals surface area contributed by atoms with E-state index >= 15 is 0 Å². The van der Waals surface area contributed by atoms with E-state index in [9.17, 15) is 4.79 Å². The monoisotopic (exact) mass is 334 g/mol. The first-order valence-corrected chi connectivity index (χ1v) is 7.77. The summed E-state index contributed by atoms with van der Waals surface area (Å²) in [6.07, 6.45) is 5.40. The first kappa shape index (κ1) is 23.8. The van der Waals surface area contributed by atoms with E-state index < -0.39 is 0 Å². The van der Waals surface area contributed by atoms with Gasteiger partial charge in [0, 0.05) is 31.6 Å². The van der Waals surface area contributed by atoms with Crippen molar-refractivity contribution in [2.45, 2.75) is 27.7 Å². The average molecular weight is 334 g/mol. The van der Waals surface area contributed by atoms with Gasteiger partial charge >= 0.3 is 0 Å². The summed E-state index contributed by atoms with van der Waals surface area (Å²) < 4.78 is 0. The van der Waals surface area contributed by atoms with Crippen LogP contribution < -0.4 is 10.6 Å². The summed E-state index contributed by atoms with van der Waals surface area (Å²) in [7, 11) is 3.78. The van der Waals surface area contributed by atoms with E-state index in [1.165, 1.54) is 12.6 Å². The van der Waals surface area contributed by atoms with Crippen molar-refractivity contribution in [1.82, 2.24) is 0 Å². The Hall–Kier alpha value is -2.47. The zero-order valence-electron chi connectivity index (χ0n) is 15.5. The molecule has 0 aliphatic carbocycles. The second-order valence-electron chi connectivity index (χ2n) is 4.46. The molecule has 6 nitrogen and oxygen atoms in total. The molecule has 0 radical (unpaired) electrons. The van der Waals surface area contributed by atoms with Gasteiger partial charge in [-0.1, -0.05) is 19.9 Å². The summed E-state index contributed by atoms with van der Waals surface area (Å²) in [5.74, 6) is 0. The fourth-order valence-corrected chi connectivity index (χ4v) is 1.42. The fourth-order valence-electron chi connectivity index (χ4n) is 1.42. The number of hydrogen-bond acceptors (Lipinski definition) is 5. The second kappa shape index (κ2) is 15.4. The number of aliphatic hydroxyl groups excluding tert-OH is 1. The predicted octanol–water partition coefficient (Wildman–Crippen LogP) is 3.18. The zero-order valence-corrected chi connectivity index (χ0v) is 15.5. The van der Waals surface area contributed by atoms with Crippen LogP contribution in [0.1, 0.15) is 38.1 Å². The summed E-state index contributed by atoms with van der Waals surface area (Å²) in [4.78, 5) is 20.3. The maximum absolute atomic E-state index is 10.6. The SMILES string of the molecule is C/C=C(/C)N=CCO.CC.CN(C)c1cc(C=O)ccc1N=CN. The molecule has 1 aromatic carbocycles. The van der Waals surface area contributed by atoms with Crippen molar-refractivity contribution in [2.24, 2.45) is 15.7 Å². The molecule has 24 heavy (non-hydrogen) atoms. The fraction of sp³-hybridized carbons (Fsp3) is 0.389. The molecule has 0 fully saturated rings. The van der Waals surface area contributed by atoms with E-state index in [1.807, 2.05) is 52.8 Å². The number of aldehydes is 1. The molecule has 6 heteroatoms. The van der Waals surface area contributed by atoms with Gasteiger partial charge in [0.1, 0.15) is 6.29 Å². The largest absolute Gasteiger partial charge is 0.391 e. The minimum atomic E-state index is 0.0190. The van der Waals surface area contributed by atoms with E-state index in [4.69, 9.17) is 10.8 Å². The van der Waals surface area contributed by atoms with Gasteiger partial charge in [-0.3, -0.25) is 9.79 Å². The van der Waals surface area contributed by atoms with Gasteiger partial charge in [0.15, 0.2) is 0 Å². The van der Waals surface area contributed by atoms with Gasteiger partial charge in [-0.05, 0) is 32.0 Å². The standard InChI is InChI=1S/C10H13N3O.C6H11NO.C2H6/c1-13(2)10-5-8(6-14)3-4-9(10)12-7-11;1-3-6(2)7-4-5-8;1-2/h3-7H,1-2H3,(H2,11,12);3-4,8H,5H2,1-2H3;1-2H3/b;6-3-,7-4?;. The number of aliphatic imine (C=N–C) groups is 2. The molecular weight excluding hydrogens is 304 g/mol. The molecule has 0 amide bonds. The number of aliphatic hydroxyl groups is 1. The maximum atomic E-state index is 10.6. The summed E-state index contributed by atoms with van der Waals surface area (Å²) in [6, 6.07) is 5.25. The predicted molar refractivity (Wildman–Crippen MR) is 105 cm³/mol. The van der Waals surface area contributed by atoms with Gasteiger partial charge in [-0.2, -0.15) is 0 Å². The molecule has 0 atom stereocenters. The molecule has 0 bridgehead atoms. The maximum Gasteiger partial charge on any atom is 0.150 e. The van der Waals surface area contributed by atoms with Gasteiger partial charge in [0.2, 0.25) is 0 Å². The lowest BCUT2D eigenvalue weighted by Crippen LogP contribution is -2.09. The quantitative estimate of drug-likeness (QED) is 0.491. The Morgan fingerprint density at radius 3 is 2.38 bits per heavy atom. The molecule has 1 rings (SSSR count). The van der Waals surface area contributed by atoms with Crippen LogP contribution in [0.15, 0.2) is 40.0 Å². The molecule has 0 spiro atoms. The van der Waals surface area contributed by atoms with E-state index in [1.54, 1.807) is 18.2 Å². The molecule has 0 saturated carbocycles. The minimum absolute atomic E-state index is 0.0190. The lowest BCUT2D eigenvalue weighted by Gasteiger charge is -2.15. The van der Waals surface area contributed by atoms with Crippen LogP contribution in [-0.4, -0.2) is 44.6 Å². The highest BCUT2D eigenvalue weighted by atomic mass is 16.2. The number of allylic oxidation sites excluding steroid dienone is 2. The zero-order chi connectivity index (χ0) is 19.0. The van der Waals surface area contributed by atoms with Crippen molar-refractivity contribution in [1.29, 1.82) is 0 Å². The molecule has 134 valence electrons. The molecule has 0 aliphatic heterocycles. The Kier molecular flexibility index (Phi) is 15.3. The van der Waals surface area contributed by atoms with Crippen LogP contribution in [0.25, 0.3) is 0 Å². The van der Waals surface area contributed by atoms with E-state index in [2.05, 4.69) is 9.98 Å². The van der Waals surface area contributed by atoms with Crippen LogP contribution in [-0.2, 0) is 0 Å². The highest BCUT2D eigenvalue weighted by Gasteiger charge is 2.03. The van der Waals surface area contributed by atoms with Gasteiger partial charge in [-0.15, -0.1) is 0 Å². The normalized spacial score (nSPS) is 10.7. The van der Waals surface area contributed by atoms with Gasteiger partial charge in [-0.25, -0.2) is 4.99 Å². The Morgan fingerprint density at radius 1 is 1.33 bits per heavy atom. The second-order valence-corrected chi connectivity index (χ2v) is 4.46. The lowest BCUT2D eigenvalue weighted by atomic mass is 10.2. The summed E-state index contributed by atoms with van der Waals surface area (Å²) in [5, 5.41) is 8.23. The third kappa shape index (κ3) is 10.3. The number of benzene rings is 1. The summed E-state index contributed by atoms with van der Waals surface area (Å²) in [6.45, 7) is 7.81. The Balaban J connectivity index is 0. The number of hydrogen-bond donors (Lipinski definition) is 2. The topological polar surface area (TPSA) is 91.3 Å². The van der Waals surface area contributed by atoms with Crippen molar-refractivity contribution >= 4 is 30.2 Å². The van der Waals surface area contributed by atoms with Crippen LogP contribution in [0.5, 0.6) is 0 Å². The number of carbonyl (C=O) groups excluding carboxylic acids is 1. The van der Waals surface area contributed by atoms with E-state index in [-0.39, 0.29) is 6.61 Å². The molecule has 3 N–H and O–H groups in total. The molecule has 0 unspecified atom stereocenters. The molecule has 1 aromatic rings. The van der Waals surface area contributed by atoms with Crippen molar-refractivity contribution in [3.05, 3.63) is 35.5 Å². The van der Waals surface area contributed by atoms with Crippen LogP contribution in [0.2, 0.25) is 0 Å². The highest BCUT2D eigenvalue weighted by molar-refractivity contribution is 5.82. The average Bonchev–Trinajstić information content (AvgIpc) is 2.62. The Labute approximate surface area is 145 Å². The smallest absolute Gasteiger partial charge is 0.150 e. The molecule has 0 heterocycles. The van der Waals surface area contributed by atoms with Crippen molar-refractivity contribution in [2.75, 3.05) is 25.6 Å². The van der Waals surface area contributed by atoms with Crippen molar-refractivity contribution in [3.8, 4) is 0 Å². The van der Waals surface area contributed by atoms with Gasteiger partial charge in [0.05, 0.1) is 24.3 Å². The van der Waals surface area contributed by atoms with E-state index in [0.29, 0.717) is 5.56 Å². The number of rotatable bonds is 5. The summed E-state index contributed by atoms with van der Waals surface area (Å²) >= 11 is 0. The number of nitrogens with two attached hydrogens (primary N) is 1. The number of nitrogens with zero attached hydrogens (tertiary/aromatic N) is 3. The van der Waals surface area contributed by atoms with Crippen LogP contribution in [0.4, 0.5) is 11.4 Å². The van der Waals surface area contributed by atoms with Crippen molar-refractivity contribution < 1.29 is 9.90 Å². The van der Waals surface area contributed by atoms with Gasteiger partial charge < -0.3 is 15.7 Å². The number of carbonyl (C=O) groups is 1. The third-order valence-electron chi connectivity index (χ3n) is 2.63. The van der Waals surface area contributed by atoms with Gasteiger partial charge in [0.25, 0.3) is 0 Å². The first-order chi connectivity index (χ1) is 11.5. The Bertz CT molecular complexity index is 550.